The van der Waals surface area contributed by atoms with E-state index in [4.69, 9.17) is 4.74 Å². The van der Waals surface area contributed by atoms with E-state index in [1.807, 2.05) is 6.92 Å². The van der Waals surface area contributed by atoms with Crippen molar-refractivity contribution in [2.45, 2.75) is 31.8 Å². The van der Waals surface area contributed by atoms with E-state index >= 15 is 0 Å². The van der Waals surface area contributed by atoms with E-state index in [1.54, 1.807) is 0 Å². The first kappa shape index (κ1) is 7.56. The predicted octanol–water partition coefficient (Wildman–Crippen LogP) is 1.18. The summed E-state index contributed by atoms with van der Waals surface area (Å²) in [5, 5.41) is 10.1. The lowest BCUT2D eigenvalue weighted by molar-refractivity contribution is -0.0246. The summed E-state index contributed by atoms with van der Waals surface area (Å²) in [6.45, 7) is 3.58. The molecule has 1 heterocycles. The Bertz CT molecular complexity index is 144. The molecule has 2 fully saturated rings. The molecule has 0 spiro atoms. The van der Waals surface area contributed by atoms with Crippen molar-refractivity contribution >= 4 is 0 Å². The molecule has 0 amide bonds. The molecule has 0 bridgehead atoms. The molecule has 1 aliphatic heterocycles. The van der Waals surface area contributed by atoms with Crippen LogP contribution in [0.5, 0.6) is 0 Å². The molecule has 0 radical (unpaired) electrons. The lowest BCUT2D eigenvalue weighted by Crippen LogP contribution is -2.37. The molecular weight excluding hydrogens is 140 g/mol. The fourth-order valence-electron chi connectivity index (χ4n) is 2.00. The van der Waals surface area contributed by atoms with Crippen molar-refractivity contribution in [2.75, 3.05) is 13.2 Å². The van der Waals surface area contributed by atoms with Gasteiger partial charge >= 0.3 is 0 Å². The van der Waals surface area contributed by atoms with Crippen LogP contribution in [0.1, 0.15) is 26.2 Å². The Labute approximate surface area is 67.6 Å². The summed E-state index contributed by atoms with van der Waals surface area (Å²) in [5.74, 6) is 0.962. The zero-order valence-electron chi connectivity index (χ0n) is 7.05. The first-order valence-corrected chi connectivity index (χ1v) is 4.51. The summed E-state index contributed by atoms with van der Waals surface area (Å²) in [7, 11) is 0. The Morgan fingerprint density at radius 3 is 2.45 bits per heavy atom. The molecule has 2 aliphatic rings. The van der Waals surface area contributed by atoms with Crippen LogP contribution >= 0.6 is 0 Å². The van der Waals surface area contributed by atoms with Crippen LogP contribution in [0.3, 0.4) is 0 Å². The van der Waals surface area contributed by atoms with E-state index < -0.39 is 5.60 Å². The van der Waals surface area contributed by atoms with Gasteiger partial charge in [0, 0.05) is 12.5 Å². The Hall–Kier alpha value is -0.0800. The third-order valence-electron chi connectivity index (χ3n) is 3.16. The quantitative estimate of drug-likeness (QED) is 0.650. The summed E-state index contributed by atoms with van der Waals surface area (Å²) in [4.78, 5) is 0. The van der Waals surface area contributed by atoms with Gasteiger partial charge < -0.3 is 9.84 Å². The van der Waals surface area contributed by atoms with Crippen molar-refractivity contribution in [1.82, 2.24) is 0 Å². The van der Waals surface area contributed by atoms with Crippen LogP contribution in [0.15, 0.2) is 0 Å². The first-order valence-electron chi connectivity index (χ1n) is 4.51. The van der Waals surface area contributed by atoms with Crippen molar-refractivity contribution in [3.05, 3.63) is 0 Å². The van der Waals surface area contributed by atoms with Gasteiger partial charge in [-0.2, -0.15) is 0 Å². The number of hydrogen-bond donors (Lipinski definition) is 1. The topological polar surface area (TPSA) is 29.5 Å². The molecule has 64 valence electrons. The molecular formula is C9H16O2. The molecule has 0 unspecified atom stereocenters. The smallest absolute Gasteiger partial charge is 0.0698 e. The number of hydrogen-bond acceptors (Lipinski definition) is 2. The molecule has 11 heavy (non-hydrogen) atoms. The van der Waals surface area contributed by atoms with Gasteiger partial charge in [0.2, 0.25) is 0 Å². The Morgan fingerprint density at radius 1 is 1.27 bits per heavy atom. The number of ether oxygens (including phenoxy) is 1. The second-order valence-corrected chi connectivity index (χ2v) is 4.06. The molecule has 2 rings (SSSR count). The minimum absolute atomic E-state index is 0.398. The summed E-state index contributed by atoms with van der Waals surface area (Å²) in [5.41, 5.74) is -0.434. The van der Waals surface area contributed by atoms with Gasteiger partial charge in [-0.15, -0.1) is 0 Å². The lowest BCUT2D eigenvalue weighted by Gasteiger charge is -2.28. The van der Waals surface area contributed by atoms with Crippen LogP contribution in [0.25, 0.3) is 0 Å². The van der Waals surface area contributed by atoms with Crippen LogP contribution in [0, 0.1) is 11.8 Å². The third-order valence-corrected chi connectivity index (χ3v) is 3.16. The predicted molar refractivity (Wildman–Crippen MR) is 42.3 cm³/mol. The highest BCUT2D eigenvalue weighted by molar-refractivity contribution is 4.96. The average molecular weight is 156 g/mol. The van der Waals surface area contributed by atoms with Crippen LogP contribution in [0.2, 0.25) is 0 Å². The van der Waals surface area contributed by atoms with E-state index in [0.717, 1.165) is 19.6 Å². The maximum Gasteiger partial charge on any atom is 0.0698 e. The summed E-state index contributed by atoms with van der Waals surface area (Å²) in [6.07, 6.45) is 3.47. The van der Waals surface area contributed by atoms with E-state index in [-0.39, 0.29) is 0 Å². The van der Waals surface area contributed by atoms with Gasteiger partial charge in [0.15, 0.2) is 0 Å². The maximum absolute atomic E-state index is 10.1. The van der Waals surface area contributed by atoms with Gasteiger partial charge in [0.25, 0.3) is 0 Å². The molecule has 1 saturated carbocycles. The molecule has 2 heteroatoms. The Kier molecular flexibility index (Phi) is 1.69. The van der Waals surface area contributed by atoms with E-state index in [2.05, 4.69) is 0 Å². The number of aliphatic hydroxyl groups is 1. The van der Waals surface area contributed by atoms with Crippen LogP contribution < -0.4 is 0 Å². The SMILES string of the molecule is C[C@@](O)(C1CC1)[C@@H]1CCOC1. The summed E-state index contributed by atoms with van der Waals surface area (Å²) >= 11 is 0. The maximum atomic E-state index is 10.1. The van der Waals surface area contributed by atoms with Gasteiger partial charge in [0.1, 0.15) is 0 Å². The van der Waals surface area contributed by atoms with E-state index in [9.17, 15) is 5.11 Å². The van der Waals surface area contributed by atoms with Gasteiger partial charge in [0.05, 0.1) is 12.2 Å². The molecule has 1 aliphatic carbocycles. The zero-order chi connectivity index (χ0) is 7.90. The second-order valence-electron chi connectivity index (χ2n) is 4.06. The van der Waals surface area contributed by atoms with Crippen LogP contribution in [-0.2, 0) is 4.74 Å². The van der Waals surface area contributed by atoms with Crippen molar-refractivity contribution in [1.29, 1.82) is 0 Å². The highest BCUT2D eigenvalue weighted by Crippen LogP contribution is 2.45. The molecule has 2 atom stereocenters. The van der Waals surface area contributed by atoms with Crippen molar-refractivity contribution in [2.24, 2.45) is 11.8 Å². The monoisotopic (exact) mass is 156 g/mol. The largest absolute Gasteiger partial charge is 0.390 e. The van der Waals surface area contributed by atoms with Gasteiger partial charge in [-0.3, -0.25) is 0 Å². The summed E-state index contributed by atoms with van der Waals surface area (Å²) < 4.78 is 5.26. The third kappa shape index (κ3) is 1.30. The normalized spacial score (nSPS) is 37.1. The fraction of sp³-hybridized carbons (Fsp3) is 1.00. The molecule has 1 N–H and O–H groups in total. The zero-order valence-corrected chi connectivity index (χ0v) is 7.05. The Morgan fingerprint density at radius 2 is 2.00 bits per heavy atom. The van der Waals surface area contributed by atoms with Crippen molar-refractivity contribution < 1.29 is 9.84 Å². The molecule has 2 nitrogen and oxygen atoms in total. The second kappa shape index (κ2) is 2.46. The van der Waals surface area contributed by atoms with Crippen molar-refractivity contribution in [3.8, 4) is 0 Å². The lowest BCUT2D eigenvalue weighted by atomic mass is 9.84. The minimum atomic E-state index is -0.434. The van der Waals surface area contributed by atoms with E-state index in [1.165, 1.54) is 12.8 Å². The van der Waals surface area contributed by atoms with Crippen molar-refractivity contribution in [3.63, 3.8) is 0 Å². The Balaban J connectivity index is 1.99. The molecule has 0 aromatic rings. The summed E-state index contributed by atoms with van der Waals surface area (Å²) in [6, 6.07) is 0. The standard InChI is InChI=1S/C9H16O2/c1-9(10,7-2-3-7)8-4-5-11-6-8/h7-8,10H,2-6H2,1H3/t8-,9-/m1/s1. The average Bonchev–Trinajstić information content (AvgIpc) is 2.66. The van der Waals surface area contributed by atoms with Crippen LogP contribution in [0.4, 0.5) is 0 Å². The minimum Gasteiger partial charge on any atom is -0.390 e. The molecule has 1 saturated heterocycles. The first-order chi connectivity index (χ1) is 5.21. The van der Waals surface area contributed by atoms with Crippen LogP contribution in [-0.4, -0.2) is 23.9 Å². The highest BCUT2D eigenvalue weighted by atomic mass is 16.5. The fourth-order valence-corrected chi connectivity index (χ4v) is 2.00. The van der Waals surface area contributed by atoms with Gasteiger partial charge in [-0.25, -0.2) is 0 Å². The highest BCUT2D eigenvalue weighted by Gasteiger charge is 2.46. The van der Waals surface area contributed by atoms with Gasteiger partial charge in [-0.05, 0) is 32.1 Å². The van der Waals surface area contributed by atoms with E-state index in [0.29, 0.717) is 11.8 Å². The molecule has 0 aromatic carbocycles. The van der Waals surface area contributed by atoms with Gasteiger partial charge in [-0.1, -0.05) is 0 Å². The molecule has 0 aromatic heterocycles. The number of rotatable bonds is 2.